The smallest absolute Gasteiger partial charge is 0.315 e. The van der Waals surface area contributed by atoms with Crippen molar-refractivity contribution in [3.8, 4) is 0 Å². The van der Waals surface area contributed by atoms with Crippen LogP contribution in [0.25, 0.3) is 0 Å². The van der Waals surface area contributed by atoms with Crippen LogP contribution in [0, 0.1) is 39.9 Å². The zero-order valence-electron chi connectivity index (χ0n) is 15.0. The minimum Gasteiger partial charge on any atom is -0.469 e. The molecule has 0 unspecified atom stereocenters. The van der Waals surface area contributed by atoms with Gasteiger partial charge in [-0.2, -0.15) is 0 Å². The number of ether oxygens (including phenoxy) is 2. The molecule has 6 heteroatoms. The maximum absolute atomic E-state index is 13.0. The van der Waals surface area contributed by atoms with Crippen molar-refractivity contribution in [1.29, 1.82) is 0 Å². The van der Waals surface area contributed by atoms with Crippen molar-refractivity contribution in [2.24, 2.45) is 39.9 Å². The number of esters is 2. The minimum atomic E-state index is -1.09. The van der Waals surface area contributed by atoms with Crippen LogP contribution in [0.4, 0.5) is 0 Å². The topological polar surface area (TPSA) is 93.1 Å². The lowest BCUT2D eigenvalue weighted by atomic mass is 9.54. The van der Waals surface area contributed by atoms with Gasteiger partial charge in [-0.25, -0.2) is 0 Å². The molecule has 0 amide bonds. The monoisotopic (exact) mass is 360 g/mol. The highest BCUT2D eigenvalue weighted by Crippen LogP contribution is 2.98. The molecule has 1 saturated heterocycles. The van der Waals surface area contributed by atoms with Gasteiger partial charge < -0.3 is 19.7 Å². The molecule has 7 rings (SSSR count). The predicted molar refractivity (Wildman–Crippen MR) is 87.4 cm³/mol. The summed E-state index contributed by atoms with van der Waals surface area (Å²) in [6, 6.07) is 0. The number of hydrogen-bond donors (Lipinski definition) is 2. The number of carbonyl (C=O) groups is 2. The Bertz CT molecular complexity index is 806. The van der Waals surface area contributed by atoms with E-state index in [1.54, 1.807) is 6.92 Å². The molecule has 10 atom stereocenters. The third kappa shape index (κ3) is 1.06. The van der Waals surface area contributed by atoms with Crippen molar-refractivity contribution >= 4 is 11.9 Å². The van der Waals surface area contributed by atoms with E-state index in [0.717, 1.165) is 5.57 Å². The summed E-state index contributed by atoms with van der Waals surface area (Å²) in [5.41, 5.74) is -1.64. The molecule has 140 valence electrons. The number of hydrogen-bond acceptors (Lipinski definition) is 6. The molecule has 2 N–H and O–H groups in total. The van der Waals surface area contributed by atoms with E-state index in [2.05, 4.69) is 6.58 Å². The maximum Gasteiger partial charge on any atom is 0.315 e. The molecule has 1 heterocycles. The third-order valence-electron chi connectivity index (χ3n) is 9.60. The minimum absolute atomic E-state index is 0.0116. The fraction of sp³-hybridized carbons (Fsp3) is 0.800. The predicted octanol–water partition coefficient (Wildman–Crippen LogP) is 0.805. The number of methoxy groups -OCH3 is 1. The fourth-order valence-electron chi connectivity index (χ4n) is 8.97. The van der Waals surface area contributed by atoms with Crippen molar-refractivity contribution in [1.82, 2.24) is 0 Å². The van der Waals surface area contributed by atoms with Crippen LogP contribution in [0.1, 0.15) is 32.6 Å². The summed E-state index contributed by atoms with van der Waals surface area (Å²) in [4.78, 5) is 26.0. The molecule has 6 nitrogen and oxygen atoms in total. The molecule has 0 radical (unpaired) electrons. The molecule has 0 aromatic rings. The molecule has 0 aromatic carbocycles. The quantitative estimate of drug-likeness (QED) is 0.531. The van der Waals surface area contributed by atoms with Crippen molar-refractivity contribution < 1.29 is 29.3 Å². The van der Waals surface area contributed by atoms with E-state index >= 15 is 0 Å². The summed E-state index contributed by atoms with van der Waals surface area (Å²) in [5.74, 6) is -1.48. The number of aliphatic hydroxyl groups is 2. The Morgan fingerprint density at radius 1 is 1.35 bits per heavy atom. The first kappa shape index (κ1) is 15.6. The molecule has 7 fully saturated rings. The van der Waals surface area contributed by atoms with E-state index in [4.69, 9.17) is 9.47 Å². The van der Waals surface area contributed by atoms with Gasteiger partial charge in [-0.3, -0.25) is 9.59 Å². The molecular formula is C20H24O6. The fourth-order valence-corrected chi connectivity index (χ4v) is 8.97. The average Bonchev–Trinajstić information content (AvgIpc) is 2.91. The maximum atomic E-state index is 13.0. The molecule has 7 aliphatic rings. The lowest BCUT2D eigenvalue weighted by Gasteiger charge is -2.49. The third-order valence-corrected chi connectivity index (χ3v) is 9.60. The SMILES string of the molecule is C=C1[C@H]2C[C@]34[C@@H](C(=O)OC)[C@@H]5[C@]6(C)C(=O)O[C@]5(CC[C@@H]6O)[C@@]3(C[C@H]2O)[C@@H]14. The lowest BCUT2D eigenvalue weighted by Crippen LogP contribution is -2.57. The van der Waals surface area contributed by atoms with Crippen LogP contribution in [-0.4, -0.2) is 47.1 Å². The zero-order valence-corrected chi connectivity index (χ0v) is 15.0. The molecule has 1 aliphatic heterocycles. The van der Waals surface area contributed by atoms with Crippen LogP contribution >= 0.6 is 0 Å². The van der Waals surface area contributed by atoms with Gasteiger partial charge in [0.05, 0.1) is 30.7 Å². The van der Waals surface area contributed by atoms with Crippen molar-refractivity contribution in [3.63, 3.8) is 0 Å². The highest BCUT2D eigenvalue weighted by atomic mass is 16.6. The number of rotatable bonds is 1. The van der Waals surface area contributed by atoms with E-state index in [0.29, 0.717) is 25.7 Å². The van der Waals surface area contributed by atoms with Crippen LogP contribution in [0.3, 0.4) is 0 Å². The van der Waals surface area contributed by atoms with E-state index in [1.807, 2.05) is 0 Å². The standard InChI is InChI=1S/C20H24O6/c1-8-9-6-18-12(15(23)25-3)14-17(2)11(22)4-5-20(14,26-16(17)24)19(18,13(8)18)7-10(9)21/h9-14,21-22H,1,4-7H2,2-3H3/t9-,10-,11+,12-,13+,14-,17-,18-,19+,20+/m1/s1. The number of fused-ring (bicyclic) bond motifs is 1. The van der Waals surface area contributed by atoms with Crippen molar-refractivity contribution in [2.45, 2.75) is 50.4 Å². The Labute approximate surface area is 151 Å². The largest absolute Gasteiger partial charge is 0.469 e. The summed E-state index contributed by atoms with van der Waals surface area (Å²) in [6.07, 6.45) is 0.945. The zero-order chi connectivity index (χ0) is 18.4. The lowest BCUT2D eigenvalue weighted by molar-refractivity contribution is -0.164. The second kappa shape index (κ2) is 3.90. The molecule has 6 aliphatic carbocycles. The Morgan fingerprint density at radius 3 is 2.77 bits per heavy atom. The Hall–Kier alpha value is -1.40. The summed E-state index contributed by atoms with van der Waals surface area (Å²) >= 11 is 0. The normalized spacial score (nSPS) is 63.2. The highest BCUT2D eigenvalue weighted by Gasteiger charge is 3.01. The summed E-state index contributed by atoms with van der Waals surface area (Å²) in [7, 11) is 1.39. The molecule has 2 spiro atoms. The Kier molecular flexibility index (Phi) is 2.35. The van der Waals surface area contributed by atoms with E-state index < -0.39 is 46.4 Å². The van der Waals surface area contributed by atoms with Crippen molar-refractivity contribution in [2.75, 3.05) is 7.11 Å². The van der Waals surface area contributed by atoms with Gasteiger partial charge in [0, 0.05) is 22.7 Å². The molecule has 26 heavy (non-hydrogen) atoms. The molecule has 6 saturated carbocycles. The average molecular weight is 360 g/mol. The van der Waals surface area contributed by atoms with Crippen LogP contribution in [-0.2, 0) is 19.1 Å². The highest BCUT2D eigenvalue weighted by molar-refractivity contribution is 5.88. The first-order valence-electron chi connectivity index (χ1n) is 9.60. The van der Waals surface area contributed by atoms with Crippen LogP contribution in [0.15, 0.2) is 12.2 Å². The van der Waals surface area contributed by atoms with Gasteiger partial charge in [0.25, 0.3) is 0 Å². The number of aliphatic hydroxyl groups excluding tert-OH is 2. The Balaban J connectivity index is 1.64. The summed E-state index contributed by atoms with van der Waals surface area (Å²) in [6.45, 7) is 6.02. The van der Waals surface area contributed by atoms with Gasteiger partial charge in [0.15, 0.2) is 0 Å². The van der Waals surface area contributed by atoms with Crippen molar-refractivity contribution in [3.05, 3.63) is 12.2 Å². The summed E-state index contributed by atoms with van der Waals surface area (Å²) < 4.78 is 11.3. The van der Waals surface area contributed by atoms with Gasteiger partial charge in [-0.15, -0.1) is 0 Å². The summed E-state index contributed by atoms with van der Waals surface area (Å²) in [5, 5.41) is 21.5. The molecule has 6 bridgehead atoms. The van der Waals surface area contributed by atoms with Gasteiger partial charge >= 0.3 is 11.9 Å². The second-order valence-electron chi connectivity index (χ2n) is 9.70. The van der Waals surface area contributed by atoms with Crippen LogP contribution in [0.5, 0.6) is 0 Å². The first-order chi connectivity index (χ1) is 12.2. The Morgan fingerprint density at radius 2 is 2.08 bits per heavy atom. The molecule has 0 aromatic heterocycles. The van der Waals surface area contributed by atoms with Crippen LogP contribution in [0.2, 0.25) is 0 Å². The van der Waals surface area contributed by atoms with Gasteiger partial charge in [0.1, 0.15) is 5.60 Å². The van der Waals surface area contributed by atoms with E-state index in [-0.39, 0.29) is 23.2 Å². The molecular weight excluding hydrogens is 336 g/mol. The van der Waals surface area contributed by atoms with Gasteiger partial charge in [-0.1, -0.05) is 12.2 Å². The number of carbonyl (C=O) groups excluding carboxylic acids is 2. The van der Waals surface area contributed by atoms with Gasteiger partial charge in [0.2, 0.25) is 0 Å². The van der Waals surface area contributed by atoms with E-state index in [1.165, 1.54) is 7.11 Å². The van der Waals surface area contributed by atoms with E-state index in [9.17, 15) is 19.8 Å². The second-order valence-corrected chi connectivity index (χ2v) is 9.70. The first-order valence-corrected chi connectivity index (χ1v) is 9.60. The van der Waals surface area contributed by atoms with Crippen LogP contribution < -0.4 is 0 Å². The van der Waals surface area contributed by atoms with Gasteiger partial charge in [-0.05, 0) is 38.5 Å².